The number of hydrogen-bond acceptors (Lipinski definition) is 4. The number of rotatable bonds is 3. The Balaban J connectivity index is 1.31. The number of amides is 2. The molecule has 1 saturated heterocycles. The minimum Gasteiger partial charge on any atom is -0.462 e. The quantitative estimate of drug-likeness (QED) is 0.596. The molecule has 0 radical (unpaired) electrons. The lowest BCUT2D eigenvalue weighted by Gasteiger charge is -2.46. The molecule has 7 heteroatoms. The topological polar surface area (TPSA) is 75.6 Å². The van der Waals surface area contributed by atoms with Crippen LogP contribution in [0.15, 0.2) is 66.9 Å². The number of esters is 1. The zero-order chi connectivity index (χ0) is 22.1. The van der Waals surface area contributed by atoms with E-state index in [1.807, 2.05) is 17.0 Å². The number of piperidine rings is 1. The van der Waals surface area contributed by atoms with Crippen molar-refractivity contribution in [2.75, 3.05) is 30.3 Å². The Hall–Kier alpha value is -3.74. The summed E-state index contributed by atoms with van der Waals surface area (Å²) in [5.41, 5.74) is 4.10. The van der Waals surface area contributed by atoms with Crippen LogP contribution in [0.5, 0.6) is 0 Å². The molecule has 1 fully saturated rings. The molecule has 2 N–H and O–H groups in total. The standard InChI is InChI=1S/C25H26N4O3/c1-2-32-23(30)18-8-3-4-9-19(18)26-24(31)28-16-13-25(14-17-28)22-12-7-15-29(22)21-11-6-5-10-20(21)27-25/h3-12,15,27H,2,13-14,16-17H2,1H3,(H,26,31). The van der Waals surface area contributed by atoms with Gasteiger partial charge in [-0.05, 0) is 56.2 Å². The molecule has 2 amide bonds. The van der Waals surface area contributed by atoms with Crippen LogP contribution in [-0.4, -0.2) is 41.2 Å². The van der Waals surface area contributed by atoms with Crippen molar-refractivity contribution in [3.8, 4) is 5.69 Å². The number of carbonyl (C=O) groups is 2. The Kier molecular flexibility index (Phi) is 5.09. The van der Waals surface area contributed by atoms with Gasteiger partial charge in [-0.15, -0.1) is 0 Å². The van der Waals surface area contributed by atoms with Gasteiger partial charge in [0, 0.05) is 25.0 Å². The smallest absolute Gasteiger partial charge is 0.340 e. The Labute approximate surface area is 187 Å². The van der Waals surface area contributed by atoms with E-state index in [1.54, 1.807) is 31.2 Å². The average molecular weight is 431 g/mol. The number of nitrogens with zero attached hydrogens (tertiary/aromatic N) is 2. The van der Waals surface area contributed by atoms with Crippen molar-refractivity contribution in [3.05, 3.63) is 78.1 Å². The number of ether oxygens (including phenoxy) is 1. The zero-order valence-corrected chi connectivity index (χ0v) is 18.0. The van der Waals surface area contributed by atoms with E-state index in [9.17, 15) is 9.59 Å². The molecule has 0 bridgehead atoms. The van der Waals surface area contributed by atoms with E-state index >= 15 is 0 Å². The van der Waals surface area contributed by atoms with Crippen LogP contribution in [-0.2, 0) is 10.3 Å². The van der Waals surface area contributed by atoms with Crippen LogP contribution >= 0.6 is 0 Å². The maximum Gasteiger partial charge on any atom is 0.340 e. The number of carbonyl (C=O) groups excluding carboxylic acids is 2. The van der Waals surface area contributed by atoms with Gasteiger partial charge in [-0.1, -0.05) is 24.3 Å². The molecule has 0 saturated carbocycles. The fourth-order valence-corrected chi connectivity index (χ4v) is 4.74. The second kappa shape index (κ2) is 8.07. The number of anilines is 2. The number of fused-ring (bicyclic) bond motifs is 4. The number of likely N-dealkylation sites (tertiary alicyclic amines) is 1. The summed E-state index contributed by atoms with van der Waals surface area (Å²) in [5, 5.41) is 6.66. The molecule has 3 heterocycles. The van der Waals surface area contributed by atoms with E-state index in [-0.39, 0.29) is 18.2 Å². The first-order valence-electron chi connectivity index (χ1n) is 11.0. The van der Waals surface area contributed by atoms with E-state index in [4.69, 9.17) is 4.74 Å². The van der Waals surface area contributed by atoms with Gasteiger partial charge in [-0.2, -0.15) is 0 Å². The molecule has 1 aromatic heterocycles. The minimum atomic E-state index is -0.438. The van der Waals surface area contributed by atoms with E-state index in [2.05, 4.69) is 45.7 Å². The summed E-state index contributed by atoms with van der Waals surface area (Å²) in [6.45, 7) is 3.26. The molecule has 5 rings (SSSR count). The summed E-state index contributed by atoms with van der Waals surface area (Å²) in [7, 11) is 0. The molecule has 0 aliphatic carbocycles. The van der Waals surface area contributed by atoms with E-state index in [0.29, 0.717) is 24.3 Å². The summed E-state index contributed by atoms with van der Waals surface area (Å²) < 4.78 is 7.36. The largest absolute Gasteiger partial charge is 0.462 e. The SMILES string of the molecule is CCOC(=O)c1ccccc1NC(=O)N1CCC2(CC1)Nc1ccccc1-n1cccc12. The number of nitrogens with one attached hydrogen (secondary N) is 2. The van der Waals surface area contributed by atoms with Crippen molar-refractivity contribution < 1.29 is 14.3 Å². The van der Waals surface area contributed by atoms with E-state index in [0.717, 1.165) is 24.2 Å². The summed E-state index contributed by atoms with van der Waals surface area (Å²) >= 11 is 0. The second-order valence-electron chi connectivity index (χ2n) is 8.17. The van der Waals surface area contributed by atoms with Crippen molar-refractivity contribution in [1.29, 1.82) is 0 Å². The molecular weight excluding hydrogens is 404 g/mol. The molecule has 3 aromatic rings. The highest BCUT2D eigenvalue weighted by Gasteiger charge is 2.42. The third kappa shape index (κ3) is 3.39. The van der Waals surface area contributed by atoms with E-state index < -0.39 is 5.97 Å². The fourth-order valence-electron chi connectivity index (χ4n) is 4.74. The van der Waals surface area contributed by atoms with Crippen LogP contribution in [0.4, 0.5) is 16.2 Å². The van der Waals surface area contributed by atoms with Gasteiger partial charge in [0.1, 0.15) is 0 Å². The van der Waals surface area contributed by atoms with Gasteiger partial charge in [0.2, 0.25) is 0 Å². The lowest BCUT2D eigenvalue weighted by atomic mass is 9.82. The normalized spacial score (nSPS) is 16.0. The Morgan fingerprint density at radius 2 is 1.78 bits per heavy atom. The van der Waals surface area contributed by atoms with E-state index in [1.165, 1.54) is 5.69 Å². The van der Waals surface area contributed by atoms with Gasteiger partial charge < -0.3 is 24.8 Å². The molecular formula is C25H26N4O3. The minimum absolute atomic E-state index is 0.205. The third-order valence-electron chi connectivity index (χ3n) is 6.34. The molecule has 2 aliphatic heterocycles. The molecule has 1 spiro atoms. The number of para-hydroxylation sites is 3. The van der Waals surface area contributed by atoms with Crippen molar-refractivity contribution in [3.63, 3.8) is 0 Å². The first kappa shape index (κ1) is 20.2. The number of urea groups is 1. The van der Waals surface area contributed by atoms with Crippen LogP contribution in [0.25, 0.3) is 5.69 Å². The predicted octanol–water partition coefficient (Wildman–Crippen LogP) is 4.60. The van der Waals surface area contributed by atoms with Crippen LogP contribution in [0.2, 0.25) is 0 Å². The third-order valence-corrected chi connectivity index (χ3v) is 6.34. The molecule has 2 aromatic carbocycles. The first-order valence-corrected chi connectivity index (χ1v) is 11.0. The molecule has 32 heavy (non-hydrogen) atoms. The van der Waals surface area contributed by atoms with Crippen molar-refractivity contribution >= 4 is 23.4 Å². The summed E-state index contributed by atoms with van der Waals surface area (Å²) in [6.07, 6.45) is 3.68. The van der Waals surface area contributed by atoms with Crippen molar-refractivity contribution in [1.82, 2.24) is 9.47 Å². The lowest BCUT2D eigenvalue weighted by Crippen LogP contribution is -2.51. The van der Waals surface area contributed by atoms with Crippen LogP contribution in [0.3, 0.4) is 0 Å². The molecule has 0 atom stereocenters. The van der Waals surface area contributed by atoms with Crippen molar-refractivity contribution in [2.45, 2.75) is 25.3 Å². The van der Waals surface area contributed by atoms with Crippen molar-refractivity contribution in [2.24, 2.45) is 0 Å². The highest BCUT2D eigenvalue weighted by atomic mass is 16.5. The van der Waals surface area contributed by atoms with Gasteiger partial charge in [0.05, 0.1) is 34.8 Å². The number of aromatic nitrogens is 1. The van der Waals surface area contributed by atoms with Gasteiger partial charge in [0.15, 0.2) is 0 Å². The Morgan fingerprint density at radius 1 is 1.03 bits per heavy atom. The van der Waals surface area contributed by atoms with Crippen LogP contribution < -0.4 is 10.6 Å². The number of hydrogen-bond donors (Lipinski definition) is 2. The van der Waals surface area contributed by atoms with Gasteiger partial charge in [-0.3, -0.25) is 0 Å². The Bertz CT molecular complexity index is 1160. The summed E-state index contributed by atoms with van der Waals surface area (Å²) in [4.78, 5) is 27.0. The average Bonchev–Trinajstić information content (AvgIpc) is 3.32. The highest BCUT2D eigenvalue weighted by Crippen LogP contribution is 2.43. The summed E-state index contributed by atoms with van der Waals surface area (Å²) in [5.74, 6) is -0.438. The predicted molar refractivity (Wildman–Crippen MR) is 123 cm³/mol. The van der Waals surface area contributed by atoms with Gasteiger partial charge >= 0.3 is 12.0 Å². The van der Waals surface area contributed by atoms with Crippen LogP contribution in [0.1, 0.15) is 35.8 Å². The molecule has 7 nitrogen and oxygen atoms in total. The molecule has 2 aliphatic rings. The molecule has 164 valence electrons. The van der Waals surface area contributed by atoms with Crippen LogP contribution in [0, 0.1) is 0 Å². The Morgan fingerprint density at radius 3 is 2.59 bits per heavy atom. The molecule has 0 unspecified atom stereocenters. The van der Waals surface area contributed by atoms with Gasteiger partial charge in [-0.25, -0.2) is 9.59 Å². The zero-order valence-electron chi connectivity index (χ0n) is 18.0. The number of benzene rings is 2. The highest BCUT2D eigenvalue weighted by molar-refractivity contribution is 6.00. The maximum atomic E-state index is 13.0. The summed E-state index contributed by atoms with van der Waals surface area (Å²) in [6, 6.07) is 19.3. The second-order valence-corrected chi connectivity index (χ2v) is 8.17. The maximum absolute atomic E-state index is 13.0. The lowest BCUT2D eigenvalue weighted by molar-refractivity contribution is 0.0527. The van der Waals surface area contributed by atoms with Gasteiger partial charge in [0.25, 0.3) is 0 Å². The monoisotopic (exact) mass is 430 g/mol. The fraction of sp³-hybridized carbons (Fsp3) is 0.280. The first-order chi connectivity index (χ1) is 15.6.